The van der Waals surface area contributed by atoms with E-state index in [2.05, 4.69) is 29.6 Å². The molecule has 35 heavy (non-hydrogen) atoms. The van der Waals surface area contributed by atoms with Crippen LogP contribution in [0, 0.1) is 5.92 Å². The van der Waals surface area contributed by atoms with E-state index in [0.29, 0.717) is 18.6 Å². The number of thioether (sulfide) groups is 1. The van der Waals surface area contributed by atoms with Gasteiger partial charge in [-0.3, -0.25) is 4.79 Å². The maximum Gasteiger partial charge on any atom is 0.407 e. The molecule has 5 rings (SSSR count). The zero-order chi connectivity index (χ0) is 24.5. The lowest BCUT2D eigenvalue weighted by Crippen LogP contribution is -2.49. The summed E-state index contributed by atoms with van der Waals surface area (Å²) < 4.78 is 5.64. The number of carboxylic acid groups (broad SMARTS) is 1. The lowest BCUT2D eigenvalue weighted by atomic mass is 9.89. The molecule has 7 nitrogen and oxygen atoms in total. The number of nitrogens with one attached hydrogen (secondary N) is 1. The Labute approximate surface area is 208 Å². The summed E-state index contributed by atoms with van der Waals surface area (Å²) in [4.78, 5) is 38.9. The van der Waals surface area contributed by atoms with E-state index in [4.69, 9.17) is 4.74 Å². The molecule has 1 heterocycles. The van der Waals surface area contributed by atoms with Crippen LogP contribution in [0.5, 0.6) is 0 Å². The van der Waals surface area contributed by atoms with Crippen LogP contribution in [0.25, 0.3) is 11.1 Å². The van der Waals surface area contributed by atoms with E-state index in [1.54, 1.807) is 0 Å². The van der Waals surface area contributed by atoms with Crippen molar-refractivity contribution in [1.29, 1.82) is 0 Å². The molecule has 1 saturated heterocycles. The highest BCUT2D eigenvalue weighted by Crippen LogP contribution is 2.44. The molecule has 3 aliphatic rings. The van der Waals surface area contributed by atoms with Crippen molar-refractivity contribution in [1.82, 2.24) is 10.2 Å². The Bertz CT molecular complexity index is 1140. The second kappa shape index (κ2) is 9.77. The monoisotopic (exact) mass is 492 g/mol. The van der Waals surface area contributed by atoms with E-state index in [9.17, 15) is 19.5 Å². The SMILES string of the molecule is CC1SCC(C(=O)O)N1C(=O)[C@@H]1CC=C[C@@H](NC(=O)OCC2c3ccccc3-c3ccccc32)C1. The molecule has 2 aromatic carbocycles. The van der Waals surface area contributed by atoms with Gasteiger partial charge in [0, 0.05) is 17.6 Å². The van der Waals surface area contributed by atoms with Crippen molar-refractivity contribution in [2.24, 2.45) is 5.92 Å². The molecule has 2 amide bonds. The van der Waals surface area contributed by atoms with Crippen LogP contribution in [-0.4, -0.2) is 57.8 Å². The fourth-order valence-electron chi connectivity index (χ4n) is 5.37. The molecular formula is C27H28N2O5S. The van der Waals surface area contributed by atoms with E-state index in [1.807, 2.05) is 43.3 Å². The van der Waals surface area contributed by atoms with Crippen molar-refractivity contribution in [3.8, 4) is 11.1 Å². The highest BCUT2D eigenvalue weighted by Gasteiger charge is 2.42. The first kappa shape index (κ1) is 23.5. The normalized spacial score (nSPS) is 25.1. The largest absolute Gasteiger partial charge is 0.480 e. The zero-order valence-electron chi connectivity index (χ0n) is 19.4. The first-order valence-electron chi connectivity index (χ1n) is 11.9. The summed E-state index contributed by atoms with van der Waals surface area (Å²) in [6.45, 7) is 2.08. The fourth-order valence-corrected chi connectivity index (χ4v) is 6.54. The summed E-state index contributed by atoms with van der Waals surface area (Å²) in [5.74, 6) is -1.14. The van der Waals surface area contributed by atoms with Gasteiger partial charge < -0.3 is 20.1 Å². The van der Waals surface area contributed by atoms with Crippen LogP contribution in [0.4, 0.5) is 4.79 Å². The number of ether oxygens (including phenoxy) is 1. The molecule has 8 heteroatoms. The van der Waals surface area contributed by atoms with Crippen LogP contribution in [0.1, 0.15) is 36.8 Å². The molecule has 182 valence electrons. The van der Waals surface area contributed by atoms with Gasteiger partial charge in [0.05, 0.1) is 11.4 Å². The van der Waals surface area contributed by atoms with E-state index in [0.717, 1.165) is 11.1 Å². The molecule has 0 aromatic heterocycles. The molecular weight excluding hydrogens is 464 g/mol. The Kier molecular flexibility index (Phi) is 6.56. The quantitative estimate of drug-likeness (QED) is 0.607. The molecule has 2 aliphatic carbocycles. The number of nitrogens with zero attached hydrogens (tertiary/aromatic N) is 1. The Morgan fingerprint density at radius 3 is 2.40 bits per heavy atom. The molecule has 0 saturated carbocycles. The Morgan fingerprint density at radius 2 is 1.74 bits per heavy atom. The Morgan fingerprint density at radius 1 is 1.09 bits per heavy atom. The second-order valence-electron chi connectivity index (χ2n) is 9.21. The third kappa shape index (κ3) is 4.55. The first-order valence-corrected chi connectivity index (χ1v) is 12.9. The lowest BCUT2D eigenvalue weighted by molar-refractivity contribution is -0.150. The number of hydrogen-bond acceptors (Lipinski definition) is 5. The number of hydrogen-bond donors (Lipinski definition) is 2. The predicted octanol–water partition coefficient (Wildman–Crippen LogP) is 4.23. The Balaban J connectivity index is 1.20. The van der Waals surface area contributed by atoms with Crippen molar-refractivity contribution >= 4 is 29.7 Å². The maximum atomic E-state index is 13.2. The van der Waals surface area contributed by atoms with Gasteiger partial charge in [-0.25, -0.2) is 9.59 Å². The van der Waals surface area contributed by atoms with Gasteiger partial charge in [-0.1, -0.05) is 60.7 Å². The number of aliphatic carboxylic acids is 1. The Hall–Kier alpha value is -3.26. The van der Waals surface area contributed by atoms with Crippen LogP contribution in [0.2, 0.25) is 0 Å². The molecule has 4 atom stereocenters. The number of fused-ring (bicyclic) bond motifs is 3. The van der Waals surface area contributed by atoms with Gasteiger partial charge in [-0.2, -0.15) is 0 Å². The van der Waals surface area contributed by atoms with Crippen LogP contribution < -0.4 is 5.32 Å². The summed E-state index contributed by atoms with van der Waals surface area (Å²) in [6.07, 6.45) is 4.18. The highest BCUT2D eigenvalue weighted by molar-refractivity contribution is 8.00. The molecule has 1 fully saturated rings. The minimum absolute atomic E-state index is 0.0218. The molecule has 2 N–H and O–H groups in total. The smallest absolute Gasteiger partial charge is 0.407 e. The number of amides is 2. The van der Waals surface area contributed by atoms with Gasteiger partial charge in [-0.15, -0.1) is 11.8 Å². The van der Waals surface area contributed by atoms with Gasteiger partial charge in [0.2, 0.25) is 5.91 Å². The van der Waals surface area contributed by atoms with Gasteiger partial charge in [0.1, 0.15) is 12.6 Å². The summed E-state index contributed by atoms with van der Waals surface area (Å²) in [7, 11) is 0. The number of allylic oxidation sites excluding steroid dienone is 1. The summed E-state index contributed by atoms with van der Waals surface area (Å²) in [6, 6.07) is 15.2. The average molecular weight is 493 g/mol. The number of carbonyl (C=O) groups excluding carboxylic acids is 2. The topological polar surface area (TPSA) is 95.9 Å². The number of benzene rings is 2. The summed E-state index contributed by atoms with van der Waals surface area (Å²) >= 11 is 1.47. The second-order valence-corrected chi connectivity index (χ2v) is 10.6. The van der Waals surface area contributed by atoms with Crippen molar-refractivity contribution in [2.75, 3.05) is 12.4 Å². The summed E-state index contributed by atoms with van der Waals surface area (Å²) in [5, 5.41) is 12.2. The summed E-state index contributed by atoms with van der Waals surface area (Å²) in [5.41, 5.74) is 4.64. The van der Waals surface area contributed by atoms with Crippen LogP contribution in [0.3, 0.4) is 0 Å². The minimum atomic E-state index is -0.977. The zero-order valence-corrected chi connectivity index (χ0v) is 20.2. The minimum Gasteiger partial charge on any atom is -0.480 e. The van der Waals surface area contributed by atoms with Crippen molar-refractivity contribution in [3.63, 3.8) is 0 Å². The molecule has 0 spiro atoms. The molecule has 2 aromatic rings. The third-order valence-corrected chi connectivity index (χ3v) is 8.30. The van der Waals surface area contributed by atoms with Crippen LogP contribution >= 0.6 is 11.8 Å². The third-order valence-electron chi connectivity index (χ3n) is 7.09. The van der Waals surface area contributed by atoms with E-state index >= 15 is 0 Å². The number of carbonyl (C=O) groups is 3. The molecule has 2 unspecified atom stereocenters. The molecule has 0 radical (unpaired) electrons. The van der Waals surface area contributed by atoms with Crippen LogP contribution in [0.15, 0.2) is 60.7 Å². The van der Waals surface area contributed by atoms with Crippen molar-refractivity contribution in [3.05, 3.63) is 71.8 Å². The number of carboxylic acids is 1. The van der Waals surface area contributed by atoms with E-state index in [-0.39, 0.29) is 35.8 Å². The van der Waals surface area contributed by atoms with E-state index < -0.39 is 18.1 Å². The predicted molar refractivity (Wildman–Crippen MR) is 134 cm³/mol. The fraction of sp³-hybridized carbons (Fsp3) is 0.370. The first-order chi connectivity index (χ1) is 16.9. The van der Waals surface area contributed by atoms with Crippen LogP contribution in [-0.2, 0) is 14.3 Å². The van der Waals surface area contributed by atoms with Crippen molar-refractivity contribution < 1.29 is 24.2 Å². The average Bonchev–Trinajstić information content (AvgIpc) is 3.40. The molecule has 0 bridgehead atoms. The lowest BCUT2D eigenvalue weighted by Gasteiger charge is -2.32. The van der Waals surface area contributed by atoms with Gasteiger partial charge >= 0.3 is 12.1 Å². The molecule has 1 aliphatic heterocycles. The van der Waals surface area contributed by atoms with Gasteiger partial charge in [0.15, 0.2) is 0 Å². The van der Waals surface area contributed by atoms with Crippen molar-refractivity contribution in [2.45, 2.75) is 43.1 Å². The van der Waals surface area contributed by atoms with Gasteiger partial charge in [-0.05, 0) is 42.0 Å². The highest BCUT2D eigenvalue weighted by atomic mass is 32.2. The maximum absolute atomic E-state index is 13.2. The number of alkyl carbamates (subject to hydrolysis) is 1. The number of rotatable bonds is 5. The van der Waals surface area contributed by atoms with E-state index in [1.165, 1.54) is 27.8 Å². The standard InChI is InChI=1S/C27H28N2O5S/c1-16-29(24(15-35-16)26(31)32)25(30)17-7-6-8-18(13-17)28-27(33)34-14-23-21-11-4-2-9-19(21)20-10-3-5-12-22(20)23/h2-6,8-12,16-18,23-24H,7,13-15H2,1H3,(H,28,33)(H,31,32)/t16?,17-,18-,24?/m1/s1. The van der Waals surface area contributed by atoms with Gasteiger partial charge in [0.25, 0.3) is 0 Å².